The normalized spacial score (nSPS) is 12.8. The minimum absolute atomic E-state index is 0.252. The third-order valence-electron chi connectivity index (χ3n) is 6.53. The highest BCUT2D eigenvalue weighted by atomic mass is 79.9. The van der Waals surface area contributed by atoms with Crippen LogP contribution in [0.25, 0.3) is 0 Å². The van der Waals surface area contributed by atoms with Gasteiger partial charge in [-0.2, -0.15) is 0 Å². The second-order valence-electron chi connectivity index (χ2n) is 8.76. The van der Waals surface area contributed by atoms with Gasteiger partial charge in [-0.25, -0.2) is 0 Å². The average molecular weight is 565 g/mol. The lowest BCUT2D eigenvalue weighted by Gasteiger charge is -2.32. The van der Waals surface area contributed by atoms with E-state index in [4.69, 9.17) is 0 Å². The molecule has 0 spiro atoms. The quantitative estimate of drug-likeness (QED) is 0.112. The summed E-state index contributed by atoms with van der Waals surface area (Å²) in [5, 5.41) is 4.22. The molecule has 0 saturated carbocycles. The third kappa shape index (κ3) is 5.80. The highest BCUT2D eigenvalue weighted by Crippen LogP contribution is 2.57. The SMILES string of the molecule is O=P(CC(CCCCBr)P(=O)(c1ccccc1)c1ccccc1)(c1ccccc1)c1ccccc1. The summed E-state index contributed by atoms with van der Waals surface area (Å²) in [5.41, 5.74) is -0.252. The first-order valence-electron chi connectivity index (χ1n) is 12.1. The van der Waals surface area contributed by atoms with E-state index in [1.807, 2.05) is 121 Å². The molecule has 0 heterocycles. The van der Waals surface area contributed by atoms with Gasteiger partial charge in [-0.3, -0.25) is 0 Å². The molecule has 0 fully saturated rings. The number of benzene rings is 4. The molecule has 5 heteroatoms. The van der Waals surface area contributed by atoms with Gasteiger partial charge in [0.05, 0.1) is 0 Å². The van der Waals surface area contributed by atoms with E-state index in [1.54, 1.807) is 0 Å². The van der Waals surface area contributed by atoms with Crippen molar-refractivity contribution >= 4 is 51.4 Å². The van der Waals surface area contributed by atoms with Crippen molar-refractivity contribution in [1.82, 2.24) is 0 Å². The van der Waals surface area contributed by atoms with Crippen molar-refractivity contribution in [2.75, 3.05) is 11.5 Å². The van der Waals surface area contributed by atoms with Gasteiger partial charge in [0.25, 0.3) is 0 Å². The van der Waals surface area contributed by atoms with E-state index in [9.17, 15) is 0 Å². The summed E-state index contributed by atoms with van der Waals surface area (Å²) in [7, 11) is -6.15. The number of halogens is 1. The molecule has 1 atom stereocenters. The molecule has 180 valence electrons. The summed E-state index contributed by atoms with van der Waals surface area (Å²) in [5.74, 6) is 0. The maximum atomic E-state index is 15.3. The molecular formula is C30H31BrO2P2. The van der Waals surface area contributed by atoms with E-state index in [1.165, 1.54) is 0 Å². The topological polar surface area (TPSA) is 34.1 Å². The highest BCUT2D eigenvalue weighted by molar-refractivity contribution is 9.09. The minimum Gasteiger partial charge on any atom is -0.314 e. The molecule has 0 radical (unpaired) electrons. The van der Waals surface area contributed by atoms with Crippen LogP contribution in [0.1, 0.15) is 19.3 Å². The Bertz CT molecular complexity index is 1190. The van der Waals surface area contributed by atoms with Gasteiger partial charge >= 0.3 is 0 Å². The maximum Gasteiger partial charge on any atom is 0.146 e. The van der Waals surface area contributed by atoms with Gasteiger partial charge in [0.1, 0.15) is 14.3 Å². The Morgan fingerprint density at radius 1 is 0.543 bits per heavy atom. The lowest BCUT2D eigenvalue weighted by atomic mass is 10.2. The van der Waals surface area contributed by atoms with Crippen LogP contribution in [0.5, 0.6) is 0 Å². The molecule has 0 aliphatic carbocycles. The Kier molecular flexibility index (Phi) is 9.01. The monoisotopic (exact) mass is 564 g/mol. The Hall–Kier alpha value is -2.18. The largest absolute Gasteiger partial charge is 0.314 e. The first-order chi connectivity index (χ1) is 17.1. The number of rotatable bonds is 11. The van der Waals surface area contributed by atoms with Crippen LogP contribution in [0.3, 0.4) is 0 Å². The molecule has 4 aromatic rings. The van der Waals surface area contributed by atoms with E-state index < -0.39 is 14.3 Å². The molecule has 0 aliphatic rings. The molecule has 0 N–H and O–H groups in total. The van der Waals surface area contributed by atoms with Crippen LogP contribution in [0.4, 0.5) is 0 Å². The summed E-state index contributed by atoms with van der Waals surface area (Å²) in [6, 6.07) is 39.1. The fourth-order valence-electron chi connectivity index (χ4n) is 4.73. The van der Waals surface area contributed by atoms with Crippen molar-refractivity contribution < 1.29 is 9.13 Å². The lowest BCUT2D eigenvalue weighted by Crippen LogP contribution is -2.32. The van der Waals surface area contributed by atoms with Gasteiger partial charge < -0.3 is 9.13 Å². The molecule has 4 aromatic carbocycles. The molecule has 0 aromatic heterocycles. The summed E-state index contributed by atoms with van der Waals surface area (Å²) >= 11 is 3.55. The van der Waals surface area contributed by atoms with Crippen molar-refractivity contribution in [2.24, 2.45) is 0 Å². The van der Waals surface area contributed by atoms with E-state index in [2.05, 4.69) is 15.9 Å². The van der Waals surface area contributed by atoms with Crippen LogP contribution >= 0.6 is 30.2 Å². The zero-order valence-electron chi connectivity index (χ0n) is 19.7. The predicted octanol–water partition coefficient (Wildman–Crippen LogP) is 6.95. The standard InChI is InChI=1S/C30H31BrO2P2/c31-24-14-13-23-30(35(33,28-19-9-3-10-20-28)29-21-11-4-12-22-29)25-34(32,26-15-5-1-6-16-26)27-17-7-2-8-18-27/h1-12,15-22,30H,13-14,23-25H2. The first-order valence-corrected chi connectivity index (χ1v) is 16.8. The second kappa shape index (κ2) is 12.2. The Labute approximate surface area is 217 Å². The zero-order chi connectivity index (χ0) is 24.6. The fraction of sp³-hybridized carbons (Fsp3) is 0.200. The van der Waals surface area contributed by atoms with Gasteiger partial charge in [0.15, 0.2) is 0 Å². The summed E-state index contributed by atoms with van der Waals surface area (Å²) in [4.78, 5) is 0. The molecule has 2 nitrogen and oxygen atoms in total. The summed E-state index contributed by atoms with van der Waals surface area (Å²) in [6.07, 6.45) is 3.02. The van der Waals surface area contributed by atoms with E-state index in [0.29, 0.717) is 6.16 Å². The first kappa shape index (κ1) is 25.9. The smallest absolute Gasteiger partial charge is 0.146 e. The van der Waals surface area contributed by atoms with Crippen LogP contribution in [0, 0.1) is 0 Å². The molecule has 0 bridgehead atoms. The van der Waals surface area contributed by atoms with Crippen LogP contribution in [-0.4, -0.2) is 17.2 Å². The maximum absolute atomic E-state index is 15.3. The zero-order valence-corrected chi connectivity index (χ0v) is 23.1. The van der Waals surface area contributed by atoms with Crippen LogP contribution < -0.4 is 21.2 Å². The van der Waals surface area contributed by atoms with Crippen LogP contribution in [0.15, 0.2) is 121 Å². The molecule has 0 aliphatic heterocycles. The Morgan fingerprint density at radius 3 is 1.29 bits per heavy atom. The van der Waals surface area contributed by atoms with Gasteiger partial charge in [0, 0.05) is 38.4 Å². The number of hydrogen-bond acceptors (Lipinski definition) is 2. The van der Waals surface area contributed by atoms with Crippen molar-refractivity contribution in [2.45, 2.75) is 24.9 Å². The lowest BCUT2D eigenvalue weighted by molar-refractivity contribution is 0.565. The van der Waals surface area contributed by atoms with E-state index in [0.717, 1.165) is 45.8 Å². The van der Waals surface area contributed by atoms with Crippen molar-refractivity contribution in [1.29, 1.82) is 0 Å². The van der Waals surface area contributed by atoms with Crippen LogP contribution in [0.2, 0.25) is 0 Å². The van der Waals surface area contributed by atoms with Gasteiger partial charge in [-0.05, 0) is 12.8 Å². The van der Waals surface area contributed by atoms with Crippen molar-refractivity contribution in [3.8, 4) is 0 Å². The van der Waals surface area contributed by atoms with Crippen molar-refractivity contribution in [3.05, 3.63) is 121 Å². The van der Waals surface area contributed by atoms with Gasteiger partial charge in [0.2, 0.25) is 0 Å². The minimum atomic E-state index is -3.10. The molecule has 35 heavy (non-hydrogen) atoms. The Morgan fingerprint density at radius 2 is 0.914 bits per heavy atom. The number of alkyl halides is 1. The molecule has 0 saturated heterocycles. The fourth-order valence-corrected chi connectivity index (χ4v) is 12.5. The van der Waals surface area contributed by atoms with Crippen molar-refractivity contribution in [3.63, 3.8) is 0 Å². The Balaban J connectivity index is 1.89. The molecule has 1 unspecified atom stereocenters. The summed E-state index contributed by atoms with van der Waals surface area (Å²) in [6.45, 7) is 0. The van der Waals surface area contributed by atoms with Crippen LogP contribution in [-0.2, 0) is 9.13 Å². The summed E-state index contributed by atoms with van der Waals surface area (Å²) < 4.78 is 30.4. The highest BCUT2D eigenvalue weighted by Gasteiger charge is 2.41. The van der Waals surface area contributed by atoms with E-state index >= 15 is 9.13 Å². The predicted molar refractivity (Wildman–Crippen MR) is 156 cm³/mol. The average Bonchev–Trinajstić information content (AvgIpc) is 2.94. The second-order valence-corrected chi connectivity index (χ2v) is 15.5. The third-order valence-corrected chi connectivity index (χ3v) is 14.2. The van der Waals surface area contributed by atoms with Gasteiger partial charge in [-0.1, -0.05) is 144 Å². The number of hydrogen-bond donors (Lipinski definition) is 0. The van der Waals surface area contributed by atoms with Gasteiger partial charge in [-0.15, -0.1) is 0 Å². The molecule has 0 amide bonds. The molecular weight excluding hydrogens is 534 g/mol. The van der Waals surface area contributed by atoms with E-state index in [-0.39, 0.29) is 5.66 Å². The number of unbranched alkanes of at least 4 members (excludes halogenated alkanes) is 1. The molecule has 4 rings (SSSR count).